The molecule has 2 aliphatic carbocycles. The summed E-state index contributed by atoms with van der Waals surface area (Å²) >= 11 is 0. The van der Waals surface area contributed by atoms with E-state index in [1.165, 1.54) is 25.7 Å². The van der Waals surface area contributed by atoms with Crippen molar-refractivity contribution in [2.24, 2.45) is 23.7 Å². The van der Waals surface area contributed by atoms with Gasteiger partial charge in [-0.15, -0.1) is 0 Å². The molecule has 0 radical (unpaired) electrons. The lowest BCUT2D eigenvalue weighted by molar-refractivity contribution is -0.123. The first-order valence-electron chi connectivity index (χ1n) is 9.20. The van der Waals surface area contributed by atoms with E-state index in [-0.39, 0.29) is 12.0 Å². The minimum absolute atomic E-state index is 0.163. The van der Waals surface area contributed by atoms with Crippen molar-refractivity contribution >= 4 is 5.91 Å². The minimum atomic E-state index is 0.163. The second-order valence-corrected chi connectivity index (χ2v) is 8.09. The maximum atomic E-state index is 12.2. The van der Waals surface area contributed by atoms with E-state index < -0.39 is 0 Å². The number of fused-ring (bicyclic) bond motifs is 2. The minimum Gasteiger partial charge on any atom is -0.374 e. The van der Waals surface area contributed by atoms with Gasteiger partial charge in [0.25, 0.3) is 0 Å². The summed E-state index contributed by atoms with van der Waals surface area (Å²) in [5.74, 6) is 3.34. The van der Waals surface area contributed by atoms with Crippen LogP contribution in [0.3, 0.4) is 0 Å². The van der Waals surface area contributed by atoms with E-state index in [1.54, 1.807) is 0 Å². The zero-order chi connectivity index (χ0) is 15.5. The fraction of sp³-hybridized carbons (Fsp3) is 0.944. The summed E-state index contributed by atoms with van der Waals surface area (Å²) in [6, 6.07) is 0. The molecule has 0 aromatic carbocycles. The van der Waals surface area contributed by atoms with Crippen molar-refractivity contribution in [3.05, 3.63) is 0 Å². The summed E-state index contributed by atoms with van der Waals surface area (Å²) in [6.07, 6.45) is 6.34. The first kappa shape index (κ1) is 16.3. The molecule has 3 rings (SSSR count). The highest BCUT2D eigenvalue weighted by Crippen LogP contribution is 2.49. The number of ether oxygens (including phenoxy) is 1. The Hall–Kier alpha value is -0.610. The van der Waals surface area contributed by atoms with Crippen LogP contribution in [0.2, 0.25) is 0 Å². The molecule has 0 unspecified atom stereocenters. The van der Waals surface area contributed by atoms with Crippen molar-refractivity contribution < 1.29 is 9.53 Å². The molecule has 1 amide bonds. The number of hydrogen-bond acceptors (Lipinski definition) is 3. The molecule has 1 aliphatic heterocycles. The molecule has 3 fully saturated rings. The normalized spacial score (nSPS) is 35.2. The van der Waals surface area contributed by atoms with Gasteiger partial charge in [0.15, 0.2) is 0 Å². The van der Waals surface area contributed by atoms with E-state index in [0.29, 0.717) is 18.4 Å². The molecule has 1 saturated heterocycles. The maximum absolute atomic E-state index is 12.2. The van der Waals surface area contributed by atoms with Gasteiger partial charge in [-0.05, 0) is 42.9 Å². The molecule has 0 aromatic heterocycles. The summed E-state index contributed by atoms with van der Waals surface area (Å²) in [4.78, 5) is 14.7. The van der Waals surface area contributed by atoms with E-state index in [1.807, 2.05) is 0 Å². The summed E-state index contributed by atoms with van der Waals surface area (Å²) < 4.78 is 5.80. The predicted molar refractivity (Wildman–Crippen MR) is 87.6 cm³/mol. The highest BCUT2D eigenvalue weighted by Gasteiger charge is 2.40. The van der Waals surface area contributed by atoms with Gasteiger partial charge in [0.05, 0.1) is 12.7 Å². The van der Waals surface area contributed by atoms with E-state index in [9.17, 15) is 4.79 Å². The standard InChI is InChI=1S/C18H32N2O2/c1-13(2)11-20-5-6-22-17(12-20)10-19-18(21)9-16-8-14-3-4-15(16)7-14/h13-17H,3-12H2,1-2H3,(H,19,21)/t14-,15-,16-,17+/m0/s1. The summed E-state index contributed by atoms with van der Waals surface area (Å²) in [6.45, 7) is 9.07. The monoisotopic (exact) mass is 308 g/mol. The SMILES string of the molecule is CC(C)CN1CCO[C@H](CNC(=O)C[C@@H]2C[C@H]3CC[C@H]2C3)C1. The highest BCUT2D eigenvalue weighted by molar-refractivity contribution is 5.76. The zero-order valence-corrected chi connectivity index (χ0v) is 14.2. The third kappa shape index (κ3) is 4.23. The average molecular weight is 308 g/mol. The zero-order valence-electron chi connectivity index (χ0n) is 14.2. The Morgan fingerprint density at radius 3 is 2.86 bits per heavy atom. The lowest BCUT2D eigenvalue weighted by atomic mass is 9.86. The number of nitrogens with one attached hydrogen (secondary N) is 1. The van der Waals surface area contributed by atoms with Gasteiger partial charge < -0.3 is 10.1 Å². The third-order valence-corrected chi connectivity index (χ3v) is 5.71. The largest absolute Gasteiger partial charge is 0.374 e. The van der Waals surface area contributed by atoms with Crippen LogP contribution in [0.25, 0.3) is 0 Å². The van der Waals surface area contributed by atoms with Crippen LogP contribution in [0.5, 0.6) is 0 Å². The van der Waals surface area contributed by atoms with Crippen LogP contribution in [-0.2, 0) is 9.53 Å². The van der Waals surface area contributed by atoms with Crippen LogP contribution in [0, 0.1) is 23.7 Å². The first-order valence-corrected chi connectivity index (χ1v) is 9.20. The molecule has 2 saturated carbocycles. The lowest BCUT2D eigenvalue weighted by Gasteiger charge is -2.34. The molecule has 1 heterocycles. The van der Waals surface area contributed by atoms with Crippen molar-refractivity contribution in [3.63, 3.8) is 0 Å². The second kappa shape index (κ2) is 7.31. The van der Waals surface area contributed by atoms with E-state index >= 15 is 0 Å². The Morgan fingerprint density at radius 1 is 1.32 bits per heavy atom. The molecule has 4 nitrogen and oxygen atoms in total. The Morgan fingerprint density at radius 2 is 2.18 bits per heavy atom. The number of rotatable bonds is 6. The molecule has 22 heavy (non-hydrogen) atoms. The van der Waals surface area contributed by atoms with E-state index in [4.69, 9.17) is 4.74 Å². The topological polar surface area (TPSA) is 41.6 Å². The summed E-state index contributed by atoms with van der Waals surface area (Å²) in [5.41, 5.74) is 0. The van der Waals surface area contributed by atoms with Gasteiger partial charge in [0.2, 0.25) is 5.91 Å². The number of hydrogen-bond donors (Lipinski definition) is 1. The molecular formula is C18H32N2O2. The third-order valence-electron chi connectivity index (χ3n) is 5.71. The maximum Gasteiger partial charge on any atom is 0.220 e. The van der Waals surface area contributed by atoms with Crippen LogP contribution >= 0.6 is 0 Å². The van der Waals surface area contributed by atoms with Crippen LogP contribution in [-0.4, -0.2) is 49.7 Å². The van der Waals surface area contributed by atoms with Gasteiger partial charge in [-0.3, -0.25) is 9.69 Å². The van der Waals surface area contributed by atoms with E-state index in [0.717, 1.165) is 44.5 Å². The highest BCUT2D eigenvalue weighted by atomic mass is 16.5. The van der Waals surface area contributed by atoms with Crippen molar-refractivity contribution in [1.29, 1.82) is 0 Å². The fourth-order valence-electron chi connectivity index (χ4n) is 4.75. The van der Waals surface area contributed by atoms with Crippen molar-refractivity contribution in [2.75, 3.05) is 32.8 Å². The van der Waals surface area contributed by atoms with Gasteiger partial charge in [0.1, 0.15) is 0 Å². The number of carbonyl (C=O) groups is 1. The van der Waals surface area contributed by atoms with Gasteiger partial charge in [-0.1, -0.05) is 20.3 Å². The second-order valence-electron chi connectivity index (χ2n) is 8.09. The molecule has 3 aliphatic rings. The molecular weight excluding hydrogens is 276 g/mol. The van der Waals surface area contributed by atoms with Gasteiger partial charge in [0, 0.05) is 32.6 Å². The van der Waals surface area contributed by atoms with E-state index in [2.05, 4.69) is 24.1 Å². The van der Waals surface area contributed by atoms with Gasteiger partial charge in [-0.2, -0.15) is 0 Å². The smallest absolute Gasteiger partial charge is 0.220 e. The number of carbonyl (C=O) groups excluding carboxylic acids is 1. The number of amides is 1. The Labute approximate surface area is 135 Å². The summed E-state index contributed by atoms with van der Waals surface area (Å²) in [7, 11) is 0. The number of nitrogens with zero attached hydrogens (tertiary/aromatic N) is 1. The lowest BCUT2D eigenvalue weighted by Crippen LogP contribution is -2.48. The fourth-order valence-corrected chi connectivity index (χ4v) is 4.75. The molecule has 0 spiro atoms. The van der Waals surface area contributed by atoms with Crippen molar-refractivity contribution in [1.82, 2.24) is 10.2 Å². The van der Waals surface area contributed by atoms with Crippen LogP contribution < -0.4 is 5.32 Å². The summed E-state index contributed by atoms with van der Waals surface area (Å²) in [5, 5.41) is 3.12. The Bertz CT molecular complexity index is 385. The quantitative estimate of drug-likeness (QED) is 0.818. The molecule has 1 N–H and O–H groups in total. The predicted octanol–water partition coefficient (Wildman–Crippen LogP) is 2.29. The molecule has 4 heteroatoms. The average Bonchev–Trinajstić information content (AvgIpc) is 3.07. The van der Waals surface area contributed by atoms with Gasteiger partial charge >= 0.3 is 0 Å². The van der Waals surface area contributed by atoms with Crippen molar-refractivity contribution in [3.8, 4) is 0 Å². The molecule has 0 aromatic rings. The van der Waals surface area contributed by atoms with Gasteiger partial charge in [-0.25, -0.2) is 0 Å². The van der Waals surface area contributed by atoms with Crippen LogP contribution in [0.15, 0.2) is 0 Å². The van der Waals surface area contributed by atoms with Crippen molar-refractivity contribution in [2.45, 2.75) is 52.1 Å². The Balaban J connectivity index is 1.36. The van der Waals surface area contributed by atoms with Crippen LogP contribution in [0.1, 0.15) is 46.0 Å². The first-order chi connectivity index (χ1) is 10.6. The molecule has 2 bridgehead atoms. The number of morpholine rings is 1. The molecule has 126 valence electrons. The Kier molecular flexibility index (Phi) is 5.40. The van der Waals surface area contributed by atoms with Crippen LogP contribution in [0.4, 0.5) is 0 Å². The molecule has 4 atom stereocenters.